The van der Waals surface area contributed by atoms with E-state index in [9.17, 15) is 14.7 Å². The van der Waals surface area contributed by atoms with Crippen molar-refractivity contribution < 1.29 is 14.7 Å². The van der Waals surface area contributed by atoms with Crippen LogP contribution in [-0.2, 0) is 24.3 Å². The molecule has 0 spiro atoms. The van der Waals surface area contributed by atoms with E-state index in [0.29, 0.717) is 29.6 Å². The van der Waals surface area contributed by atoms with E-state index >= 15 is 0 Å². The minimum absolute atomic E-state index is 0.118. The van der Waals surface area contributed by atoms with E-state index in [1.165, 1.54) is 0 Å². The SMILES string of the molecule is CCCCc1nc(Cl)c(CNC(=O)[C@@H](S)CC(C)C)n1Cc1ccc(-c2ccccc2C(=O)O)cc1. The van der Waals surface area contributed by atoms with E-state index in [2.05, 4.69) is 48.3 Å². The van der Waals surface area contributed by atoms with E-state index in [1.54, 1.807) is 12.1 Å². The lowest BCUT2D eigenvalue weighted by molar-refractivity contribution is -0.121. The van der Waals surface area contributed by atoms with Gasteiger partial charge in [-0.05, 0) is 41.5 Å². The van der Waals surface area contributed by atoms with E-state index in [1.807, 2.05) is 36.4 Å². The third-order valence-electron chi connectivity index (χ3n) is 6.05. The van der Waals surface area contributed by atoms with Crippen molar-refractivity contribution in [3.63, 3.8) is 0 Å². The summed E-state index contributed by atoms with van der Waals surface area (Å²) >= 11 is 11.0. The van der Waals surface area contributed by atoms with Crippen LogP contribution in [0.15, 0.2) is 48.5 Å². The highest BCUT2D eigenvalue weighted by molar-refractivity contribution is 7.81. The Hall–Kier alpha value is -2.77. The third-order valence-corrected chi connectivity index (χ3v) is 6.80. The second-order valence-corrected chi connectivity index (χ2v) is 10.3. The molecule has 0 bridgehead atoms. The minimum Gasteiger partial charge on any atom is -0.478 e. The van der Waals surface area contributed by atoms with Gasteiger partial charge in [0.2, 0.25) is 5.91 Å². The Morgan fingerprint density at radius 2 is 1.83 bits per heavy atom. The molecule has 0 saturated heterocycles. The normalized spacial score (nSPS) is 12.1. The molecule has 1 atom stereocenters. The lowest BCUT2D eigenvalue weighted by atomic mass is 9.99. The van der Waals surface area contributed by atoms with Crippen LogP contribution in [0.3, 0.4) is 0 Å². The molecule has 0 radical (unpaired) electrons. The Bertz CT molecular complexity index is 1190. The number of nitrogens with zero attached hydrogens (tertiary/aromatic N) is 2. The van der Waals surface area contributed by atoms with Crippen LogP contribution in [0.2, 0.25) is 5.15 Å². The van der Waals surface area contributed by atoms with Crippen LogP contribution in [0.4, 0.5) is 0 Å². The lowest BCUT2D eigenvalue weighted by Gasteiger charge is -2.16. The first kappa shape index (κ1) is 27.8. The van der Waals surface area contributed by atoms with E-state index in [-0.39, 0.29) is 23.3 Å². The summed E-state index contributed by atoms with van der Waals surface area (Å²) in [5, 5.41) is 12.5. The zero-order valence-electron chi connectivity index (χ0n) is 21.0. The molecule has 192 valence electrons. The Morgan fingerprint density at radius 3 is 2.47 bits per heavy atom. The molecule has 0 fully saturated rings. The molecule has 1 amide bonds. The van der Waals surface area contributed by atoms with Crippen molar-refractivity contribution in [2.45, 2.75) is 64.8 Å². The second-order valence-electron chi connectivity index (χ2n) is 9.37. The van der Waals surface area contributed by atoms with Gasteiger partial charge in [-0.1, -0.05) is 81.3 Å². The van der Waals surface area contributed by atoms with Gasteiger partial charge in [-0.2, -0.15) is 12.6 Å². The summed E-state index contributed by atoms with van der Waals surface area (Å²) < 4.78 is 2.08. The summed E-state index contributed by atoms with van der Waals surface area (Å²) in [5.74, 6) is 0.189. The maximum absolute atomic E-state index is 12.6. The van der Waals surface area contributed by atoms with Crippen molar-refractivity contribution in [1.29, 1.82) is 0 Å². The van der Waals surface area contributed by atoms with Crippen molar-refractivity contribution >= 4 is 36.1 Å². The molecule has 2 aromatic carbocycles. The van der Waals surface area contributed by atoms with Crippen molar-refractivity contribution in [2.75, 3.05) is 0 Å². The van der Waals surface area contributed by atoms with Gasteiger partial charge in [0, 0.05) is 13.0 Å². The second kappa shape index (κ2) is 13.0. The number of aromatic nitrogens is 2. The smallest absolute Gasteiger partial charge is 0.336 e. The number of hydrogen-bond acceptors (Lipinski definition) is 4. The highest BCUT2D eigenvalue weighted by atomic mass is 35.5. The summed E-state index contributed by atoms with van der Waals surface area (Å²) in [7, 11) is 0. The number of benzene rings is 2. The van der Waals surface area contributed by atoms with Gasteiger partial charge >= 0.3 is 5.97 Å². The molecule has 0 aliphatic rings. The minimum atomic E-state index is -0.952. The predicted molar refractivity (Wildman–Crippen MR) is 148 cm³/mol. The molecular formula is C28H34ClN3O3S. The largest absolute Gasteiger partial charge is 0.478 e. The molecule has 1 heterocycles. The number of aryl methyl sites for hydroxylation is 1. The van der Waals surface area contributed by atoms with Gasteiger partial charge in [0.1, 0.15) is 5.82 Å². The fraction of sp³-hybridized carbons (Fsp3) is 0.393. The van der Waals surface area contributed by atoms with Crippen LogP contribution in [0, 0.1) is 5.92 Å². The Balaban J connectivity index is 1.84. The number of hydrogen-bond donors (Lipinski definition) is 3. The number of amides is 1. The van der Waals surface area contributed by atoms with Crippen molar-refractivity contribution in [2.24, 2.45) is 5.92 Å². The standard InChI is InChI=1S/C28H34ClN3O3S/c1-4-5-10-25-31-26(29)23(16-30-27(33)24(36)15-18(2)3)32(25)17-19-11-13-20(14-12-19)21-8-6-7-9-22(21)28(34)35/h6-9,11-14,18,24,36H,4-5,10,15-17H2,1-3H3,(H,30,33)(H,34,35)/t24-/m0/s1. The van der Waals surface area contributed by atoms with E-state index in [4.69, 9.17) is 11.6 Å². The molecule has 0 saturated carbocycles. The quantitative estimate of drug-likeness (QED) is 0.243. The highest BCUT2D eigenvalue weighted by Crippen LogP contribution is 2.26. The predicted octanol–water partition coefficient (Wildman–Crippen LogP) is 6.25. The van der Waals surface area contributed by atoms with Gasteiger partial charge in [-0.3, -0.25) is 4.79 Å². The molecule has 2 N–H and O–H groups in total. The number of carbonyl (C=O) groups excluding carboxylic acids is 1. The molecule has 8 heteroatoms. The fourth-order valence-corrected chi connectivity index (χ4v) is 4.90. The number of carboxylic acids is 1. The first-order valence-electron chi connectivity index (χ1n) is 12.3. The summed E-state index contributed by atoms with van der Waals surface area (Å²) in [4.78, 5) is 28.8. The monoisotopic (exact) mass is 527 g/mol. The lowest BCUT2D eigenvalue weighted by Crippen LogP contribution is -2.32. The number of carboxylic acid groups (broad SMARTS) is 1. The van der Waals surface area contributed by atoms with Gasteiger partial charge in [0.15, 0.2) is 5.15 Å². The Kier molecular flexibility index (Phi) is 10.0. The fourth-order valence-electron chi connectivity index (χ4n) is 4.12. The summed E-state index contributed by atoms with van der Waals surface area (Å²) in [5.41, 5.74) is 3.58. The topological polar surface area (TPSA) is 84.2 Å². The number of carbonyl (C=O) groups is 2. The summed E-state index contributed by atoms with van der Waals surface area (Å²) in [6.45, 7) is 7.07. The van der Waals surface area contributed by atoms with Crippen LogP contribution < -0.4 is 5.32 Å². The molecule has 3 rings (SSSR count). The Morgan fingerprint density at radius 1 is 1.14 bits per heavy atom. The maximum Gasteiger partial charge on any atom is 0.336 e. The highest BCUT2D eigenvalue weighted by Gasteiger charge is 2.20. The van der Waals surface area contributed by atoms with E-state index < -0.39 is 5.97 Å². The number of nitrogens with one attached hydrogen (secondary N) is 1. The first-order chi connectivity index (χ1) is 17.2. The molecular weight excluding hydrogens is 494 g/mol. The zero-order chi connectivity index (χ0) is 26.2. The molecule has 0 aliphatic carbocycles. The number of aromatic carboxylic acids is 1. The van der Waals surface area contributed by atoms with Crippen molar-refractivity contribution in [3.8, 4) is 11.1 Å². The van der Waals surface area contributed by atoms with Crippen LogP contribution >= 0.6 is 24.2 Å². The maximum atomic E-state index is 12.6. The first-order valence-corrected chi connectivity index (χ1v) is 13.2. The summed E-state index contributed by atoms with van der Waals surface area (Å²) in [6, 6.07) is 14.8. The van der Waals surface area contributed by atoms with Crippen LogP contribution in [0.5, 0.6) is 0 Å². The number of rotatable bonds is 12. The Labute approximate surface area is 223 Å². The van der Waals surface area contributed by atoms with Crippen LogP contribution in [0.1, 0.15) is 67.5 Å². The van der Waals surface area contributed by atoms with Gasteiger partial charge < -0.3 is 15.0 Å². The molecule has 0 aliphatic heterocycles. The van der Waals surface area contributed by atoms with Gasteiger partial charge in [-0.15, -0.1) is 0 Å². The summed E-state index contributed by atoms with van der Waals surface area (Å²) in [6.07, 6.45) is 3.50. The van der Waals surface area contributed by atoms with Gasteiger partial charge in [0.25, 0.3) is 0 Å². The van der Waals surface area contributed by atoms with Crippen molar-refractivity contribution in [3.05, 3.63) is 76.3 Å². The average molecular weight is 528 g/mol. The number of unbranched alkanes of at least 4 members (excludes halogenated alkanes) is 1. The van der Waals surface area contributed by atoms with E-state index in [0.717, 1.165) is 41.9 Å². The number of thiol groups is 1. The zero-order valence-corrected chi connectivity index (χ0v) is 22.6. The molecule has 36 heavy (non-hydrogen) atoms. The van der Waals surface area contributed by atoms with Gasteiger partial charge in [0.05, 0.1) is 23.1 Å². The molecule has 0 unspecified atom stereocenters. The van der Waals surface area contributed by atoms with Crippen molar-refractivity contribution in [1.82, 2.24) is 14.9 Å². The number of halogens is 1. The molecule has 1 aromatic heterocycles. The average Bonchev–Trinajstić information content (AvgIpc) is 3.14. The van der Waals surface area contributed by atoms with Crippen LogP contribution in [-0.4, -0.2) is 31.8 Å². The third kappa shape index (κ3) is 7.14. The number of imidazole rings is 1. The van der Waals surface area contributed by atoms with Gasteiger partial charge in [-0.25, -0.2) is 9.78 Å². The molecule has 6 nitrogen and oxygen atoms in total. The molecule has 3 aromatic rings. The van der Waals surface area contributed by atoms with Crippen LogP contribution in [0.25, 0.3) is 11.1 Å².